The van der Waals surface area contributed by atoms with Crippen molar-refractivity contribution in [1.82, 2.24) is 19.6 Å². The molecule has 0 atom stereocenters. The van der Waals surface area contributed by atoms with Crippen LogP contribution in [0.15, 0.2) is 24.3 Å². The van der Waals surface area contributed by atoms with Crippen LogP contribution in [-0.4, -0.2) is 155 Å². The number of carbonyl (C=O) groups is 5. The molecule has 1 amide bonds. The van der Waals surface area contributed by atoms with Crippen molar-refractivity contribution in [3.05, 3.63) is 29.8 Å². The first-order valence-corrected chi connectivity index (χ1v) is 17.1. The molecule has 0 radical (unpaired) electrons. The number of carboxylic acids is 4. The Labute approximate surface area is 352 Å². The average Bonchev–Trinajstić information content (AvgIpc) is 3.02. The molecule has 0 aromatic heterocycles. The predicted octanol–water partition coefficient (Wildman–Crippen LogP) is -0.621. The zero-order valence-electron chi connectivity index (χ0n) is 30.8. The van der Waals surface area contributed by atoms with Crippen molar-refractivity contribution in [1.29, 1.82) is 0 Å². The molecule has 14 nitrogen and oxygen atoms in total. The number of unbranched alkanes of at least 4 members (excludes halogenated alkanes) is 7. The van der Waals surface area contributed by atoms with Crippen LogP contribution in [0.4, 0.5) is 5.69 Å². The molecular weight excluding hydrogens is 803 g/mol. The Morgan fingerprint density at radius 1 is 0.580 bits per heavy atom. The van der Waals surface area contributed by atoms with Gasteiger partial charge in [-0.05, 0) is 30.5 Å². The summed E-state index contributed by atoms with van der Waals surface area (Å²) in [5.41, 5.74) is 1.59. The van der Waals surface area contributed by atoms with Gasteiger partial charge in [-0.15, -0.1) is 0 Å². The van der Waals surface area contributed by atoms with Gasteiger partial charge in [-0.1, -0.05) is 64.0 Å². The van der Waals surface area contributed by atoms with Gasteiger partial charge >= 0.3 is 53.4 Å². The largest absolute Gasteiger partial charge is 1.00 e. The van der Waals surface area contributed by atoms with Gasteiger partial charge in [0.2, 0.25) is 5.91 Å². The van der Waals surface area contributed by atoms with E-state index < -0.39 is 36.3 Å². The van der Waals surface area contributed by atoms with Crippen LogP contribution in [0.2, 0.25) is 0 Å². The van der Waals surface area contributed by atoms with Gasteiger partial charge in [0.25, 0.3) is 0 Å². The second kappa shape index (κ2) is 28.3. The molecule has 0 spiro atoms. The minimum atomic E-state index is -1.16. The summed E-state index contributed by atoms with van der Waals surface area (Å²) in [4.78, 5) is 68.0. The van der Waals surface area contributed by atoms with Gasteiger partial charge in [0.1, 0.15) is 6.54 Å². The first kappa shape index (κ1) is 48.7. The fourth-order valence-electron chi connectivity index (χ4n) is 5.83. The fourth-order valence-corrected chi connectivity index (χ4v) is 5.83. The third-order valence-corrected chi connectivity index (χ3v) is 8.53. The number of hydrogen-bond donors (Lipinski definition) is 4. The van der Waals surface area contributed by atoms with Crippen LogP contribution >= 0.6 is 0 Å². The number of benzene rings is 1. The molecule has 16 heteroatoms. The van der Waals surface area contributed by atoms with Crippen molar-refractivity contribution in [2.24, 2.45) is 0 Å². The molecule has 2 rings (SSSR count). The Hall–Kier alpha value is -1.27. The topological polar surface area (TPSA) is 182 Å². The van der Waals surface area contributed by atoms with Crippen LogP contribution in [0, 0.1) is 39.9 Å². The molecule has 1 saturated heterocycles. The third kappa shape index (κ3) is 21.9. The molecule has 4 N–H and O–H groups in total. The van der Waals surface area contributed by atoms with E-state index in [4.69, 9.17) is 0 Å². The smallest absolute Gasteiger partial charge is 1.00 e. The van der Waals surface area contributed by atoms with Crippen molar-refractivity contribution in [2.75, 3.05) is 90.0 Å². The standard InChI is InChI=1S/C34H55N5O9.Gd.Na.H/c1-2-3-4-5-6-7-8-9-10-28-11-13-29(14-12-28)39(27-34(47)48)30(40)23-35-15-17-36(24-31(41)42)19-21-38(26-33(45)46)22-20-37(18-16-35)25-32(43)44;;;/h11-14H,2-10,15-27H2,1H3,(H,41,42)(H,43,44)(H,45,46)(H,47,48);;;/q;;+1;-1. The molecule has 1 fully saturated rings. The van der Waals surface area contributed by atoms with E-state index in [9.17, 15) is 44.4 Å². The molecule has 50 heavy (non-hydrogen) atoms. The Morgan fingerprint density at radius 2 is 0.940 bits per heavy atom. The Morgan fingerprint density at radius 3 is 1.30 bits per heavy atom. The first-order valence-electron chi connectivity index (χ1n) is 17.1. The van der Waals surface area contributed by atoms with Crippen LogP contribution in [0.1, 0.15) is 65.3 Å². The van der Waals surface area contributed by atoms with Crippen molar-refractivity contribution < 1.29 is 115 Å². The summed E-state index contributed by atoms with van der Waals surface area (Å²) in [7, 11) is 0. The van der Waals surface area contributed by atoms with Gasteiger partial charge in [0, 0.05) is 98.0 Å². The molecule has 1 aliphatic rings. The number of hydrogen-bond acceptors (Lipinski definition) is 9. The van der Waals surface area contributed by atoms with Gasteiger partial charge < -0.3 is 26.8 Å². The number of carbonyl (C=O) groups excluding carboxylic acids is 1. The fraction of sp³-hybridized carbons (Fsp3) is 0.676. The molecule has 0 unspecified atom stereocenters. The molecule has 1 aromatic carbocycles. The van der Waals surface area contributed by atoms with Gasteiger partial charge in [0.05, 0.1) is 26.2 Å². The van der Waals surface area contributed by atoms with Crippen molar-refractivity contribution in [3.8, 4) is 0 Å². The Kier molecular flexibility index (Phi) is 27.5. The third-order valence-electron chi connectivity index (χ3n) is 8.53. The van der Waals surface area contributed by atoms with Crippen molar-refractivity contribution in [2.45, 2.75) is 64.7 Å². The monoisotopic (exact) mass is 859 g/mol. The number of aliphatic carboxylic acids is 4. The summed E-state index contributed by atoms with van der Waals surface area (Å²) in [5.74, 6) is -4.72. The Bertz CT molecular complexity index is 1140. The molecule has 0 aliphatic carbocycles. The second-order valence-corrected chi connectivity index (χ2v) is 12.6. The molecule has 280 valence electrons. The zero-order valence-corrected chi connectivity index (χ0v) is 34.1. The number of amides is 1. The minimum Gasteiger partial charge on any atom is -1.00 e. The van der Waals surface area contributed by atoms with Crippen LogP contribution in [0.25, 0.3) is 0 Å². The minimum absolute atomic E-state index is 0. The summed E-state index contributed by atoms with van der Waals surface area (Å²) >= 11 is 0. The van der Waals surface area contributed by atoms with E-state index in [1.807, 2.05) is 12.1 Å². The number of aryl methyl sites for hydroxylation is 1. The van der Waals surface area contributed by atoms with E-state index in [1.54, 1.807) is 31.7 Å². The van der Waals surface area contributed by atoms with Crippen molar-refractivity contribution >= 4 is 35.5 Å². The molecular formula is C34H56GdN5NaO9. The number of carboxylic acid groups (broad SMARTS) is 4. The normalized spacial score (nSPS) is 15.5. The first-order chi connectivity index (χ1) is 23.0. The number of nitrogens with zero attached hydrogens (tertiary/aromatic N) is 5. The Balaban J connectivity index is 0. The summed E-state index contributed by atoms with van der Waals surface area (Å²) in [6.45, 7) is 2.81. The van der Waals surface area contributed by atoms with E-state index in [-0.39, 0.29) is 149 Å². The van der Waals surface area contributed by atoms with Gasteiger partial charge in [0.15, 0.2) is 0 Å². The summed E-state index contributed by atoms with van der Waals surface area (Å²) in [6.07, 6.45) is 10.7. The van der Waals surface area contributed by atoms with E-state index >= 15 is 0 Å². The van der Waals surface area contributed by atoms with E-state index in [2.05, 4.69) is 6.92 Å². The summed E-state index contributed by atoms with van der Waals surface area (Å²) in [5, 5.41) is 37.9. The molecule has 0 bridgehead atoms. The summed E-state index contributed by atoms with van der Waals surface area (Å²) in [6, 6.07) is 7.39. The van der Waals surface area contributed by atoms with Crippen LogP contribution < -0.4 is 34.5 Å². The second-order valence-electron chi connectivity index (χ2n) is 12.6. The summed E-state index contributed by atoms with van der Waals surface area (Å²) < 4.78 is 0. The average molecular weight is 859 g/mol. The van der Waals surface area contributed by atoms with Gasteiger partial charge in [-0.2, -0.15) is 0 Å². The SMILES string of the molecule is CCCCCCCCCCc1ccc(N(CC(=O)O)C(=O)CN2CCN(CC(=O)O)CCN(CC(=O)O)CCN(CC(=O)O)CC2)cc1.[Gd].[H-].[Na+]. The van der Waals surface area contributed by atoms with Gasteiger partial charge in [-0.3, -0.25) is 43.6 Å². The predicted molar refractivity (Wildman–Crippen MR) is 183 cm³/mol. The van der Waals surface area contributed by atoms with E-state index in [1.165, 1.54) is 43.4 Å². The van der Waals surface area contributed by atoms with E-state index in [0.717, 1.165) is 24.8 Å². The molecule has 0 saturated carbocycles. The molecule has 1 aliphatic heterocycles. The molecule has 1 aromatic rings. The quantitative estimate of drug-likeness (QED) is 0.0964. The zero-order chi connectivity index (χ0) is 35.3. The van der Waals surface area contributed by atoms with Crippen molar-refractivity contribution in [3.63, 3.8) is 0 Å². The van der Waals surface area contributed by atoms with Crippen LogP contribution in [0.5, 0.6) is 0 Å². The molecule has 1 heterocycles. The van der Waals surface area contributed by atoms with Gasteiger partial charge in [-0.25, -0.2) is 0 Å². The maximum Gasteiger partial charge on any atom is 1.00 e. The van der Waals surface area contributed by atoms with Crippen LogP contribution in [-0.2, 0) is 30.4 Å². The van der Waals surface area contributed by atoms with Crippen LogP contribution in [0.3, 0.4) is 0 Å². The maximum absolute atomic E-state index is 13.7. The van der Waals surface area contributed by atoms with E-state index in [0.29, 0.717) is 5.69 Å². The number of anilines is 1. The number of rotatable bonds is 20. The maximum atomic E-state index is 13.7.